The molecule has 28 heavy (non-hydrogen) atoms. The van der Waals surface area contributed by atoms with Crippen LogP contribution in [0.2, 0.25) is 0 Å². The van der Waals surface area contributed by atoms with Gasteiger partial charge >= 0.3 is 5.69 Å². The van der Waals surface area contributed by atoms with Gasteiger partial charge in [0, 0.05) is 22.2 Å². The monoisotopic (exact) mass is 392 g/mol. The van der Waals surface area contributed by atoms with E-state index in [2.05, 4.69) is 15.2 Å². The molecule has 4 rings (SSSR count). The van der Waals surface area contributed by atoms with E-state index >= 15 is 0 Å². The number of para-hydroxylation sites is 1. The summed E-state index contributed by atoms with van der Waals surface area (Å²) >= 11 is 1.29. The first-order valence-electron chi connectivity index (χ1n) is 9.02. The van der Waals surface area contributed by atoms with E-state index in [1.807, 2.05) is 68.4 Å². The highest BCUT2D eigenvalue weighted by Crippen LogP contribution is 2.29. The van der Waals surface area contributed by atoms with Crippen molar-refractivity contribution >= 4 is 28.4 Å². The number of nitrogens with zero attached hydrogens (tertiary/aromatic N) is 2. The Morgan fingerprint density at radius 3 is 2.64 bits per heavy atom. The first-order valence-corrected chi connectivity index (χ1v) is 9.90. The van der Waals surface area contributed by atoms with Gasteiger partial charge in [0.15, 0.2) is 10.9 Å². The summed E-state index contributed by atoms with van der Waals surface area (Å²) in [6.45, 7) is 4.16. The van der Waals surface area contributed by atoms with Gasteiger partial charge in [-0.1, -0.05) is 60.3 Å². The van der Waals surface area contributed by atoms with Crippen LogP contribution in [0.3, 0.4) is 0 Å². The summed E-state index contributed by atoms with van der Waals surface area (Å²) in [6, 6.07) is 17.5. The minimum atomic E-state index is -0.386. The molecule has 0 amide bonds. The van der Waals surface area contributed by atoms with E-state index < -0.39 is 0 Å². The molecule has 0 saturated carbocycles. The molecule has 142 valence electrons. The Bertz CT molecular complexity index is 1190. The molecular weight excluding hydrogens is 372 g/mol. The predicted molar refractivity (Wildman–Crippen MR) is 111 cm³/mol. The summed E-state index contributed by atoms with van der Waals surface area (Å²) in [5.41, 5.74) is 3.21. The predicted octanol–water partition coefficient (Wildman–Crippen LogP) is 3.77. The molecule has 4 aromatic rings. The van der Waals surface area contributed by atoms with Crippen LogP contribution in [0.4, 0.5) is 0 Å². The molecule has 0 aliphatic carbocycles. The van der Waals surface area contributed by atoms with E-state index in [0.717, 1.165) is 22.2 Å². The molecule has 2 aromatic carbocycles. The molecule has 7 heteroatoms. The van der Waals surface area contributed by atoms with Gasteiger partial charge in [-0.15, -0.1) is 5.10 Å². The number of ketones is 1. The van der Waals surface area contributed by atoms with E-state index in [9.17, 15) is 9.59 Å². The van der Waals surface area contributed by atoms with Crippen LogP contribution in [0.5, 0.6) is 0 Å². The Balaban J connectivity index is 1.60. The van der Waals surface area contributed by atoms with Crippen molar-refractivity contribution < 1.29 is 4.79 Å². The Hall–Kier alpha value is -3.06. The molecule has 2 heterocycles. The fraction of sp³-hybridized carbons (Fsp3) is 0.190. The Morgan fingerprint density at radius 2 is 1.86 bits per heavy atom. The highest BCUT2D eigenvalue weighted by atomic mass is 32.2. The van der Waals surface area contributed by atoms with Gasteiger partial charge in [0.1, 0.15) is 0 Å². The molecule has 0 fully saturated rings. The lowest BCUT2D eigenvalue weighted by Crippen LogP contribution is -2.20. The number of nitrogens with one attached hydrogen (secondary N) is 2. The van der Waals surface area contributed by atoms with Crippen LogP contribution in [0, 0.1) is 6.92 Å². The largest absolute Gasteiger partial charge is 0.358 e. The topological polar surface area (TPSA) is 83.5 Å². The highest BCUT2D eigenvalue weighted by molar-refractivity contribution is 8.00. The van der Waals surface area contributed by atoms with Crippen LogP contribution in [0.15, 0.2) is 64.5 Å². The Kier molecular flexibility index (Phi) is 4.92. The van der Waals surface area contributed by atoms with Crippen molar-refractivity contribution in [3.05, 3.63) is 81.9 Å². The third kappa shape index (κ3) is 3.41. The first kappa shape index (κ1) is 18.3. The summed E-state index contributed by atoms with van der Waals surface area (Å²) in [4.78, 5) is 28.6. The minimum Gasteiger partial charge on any atom is -0.358 e. The number of aromatic nitrogens is 4. The van der Waals surface area contributed by atoms with Crippen LogP contribution in [-0.4, -0.2) is 30.8 Å². The maximum Gasteiger partial charge on any atom is 0.344 e. The van der Waals surface area contributed by atoms with Crippen LogP contribution in [0.25, 0.3) is 10.9 Å². The summed E-state index contributed by atoms with van der Waals surface area (Å²) in [5.74, 6) is 0.0154. The highest BCUT2D eigenvalue weighted by Gasteiger charge is 2.24. The van der Waals surface area contributed by atoms with Gasteiger partial charge in [-0.25, -0.2) is 9.89 Å². The zero-order chi connectivity index (χ0) is 19.7. The molecule has 0 bridgehead atoms. The molecule has 0 unspecified atom stereocenters. The number of thioether (sulfide) groups is 1. The lowest BCUT2D eigenvalue weighted by molar-refractivity contribution is 0.0995. The number of aryl methyl sites for hydroxylation is 1. The van der Waals surface area contributed by atoms with Gasteiger partial charge < -0.3 is 4.98 Å². The standard InChI is InChI=1S/C21H20N4O2S/c1-13-18(16-10-6-7-11-17(16)22-13)19(26)14(2)28-21-24-23-20(27)25(21)12-15-8-4-3-5-9-15/h3-11,14,22H,12H2,1-2H3,(H,23,27)/t14-/m1/s1. The minimum absolute atomic E-state index is 0.0154. The molecule has 1 atom stereocenters. The van der Waals surface area contributed by atoms with Crippen molar-refractivity contribution in [2.75, 3.05) is 0 Å². The van der Waals surface area contributed by atoms with E-state index in [4.69, 9.17) is 0 Å². The number of H-pyrrole nitrogens is 2. The first-order chi connectivity index (χ1) is 13.5. The zero-order valence-electron chi connectivity index (χ0n) is 15.6. The number of carbonyl (C=O) groups excluding carboxylic acids is 1. The molecule has 0 radical (unpaired) electrons. The van der Waals surface area contributed by atoms with E-state index in [1.165, 1.54) is 11.8 Å². The summed E-state index contributed by atoms with van der Waals surface area (Å²) in [6.07, 6.45) is 0. The van der Waals surface area contributed by atoms with Crippen molar-refractivity contribution in [3.8, 4) is 0 Å². The fourth-order valence-corrected chi connectivity index (χ4v) is 4.22. The second kappa shape index (κ2) is 7.52. The third-order valence-corrected chi connectivity index (χ3v) is 5.79. The van der Waals surface area contributed by atoms with Gasteiger partial charge in [0.05, 0.1) is 11.8 Å². The van der Waals surface area contributed by atoms with E-state index in [0.29, 0.717) is 17.3 Å². The quantitative estimate of drug-likeness (QED) is 0.386. The van der Waals surface area contributed by atoms with Gasteiger partial charge in [0.25, 0.3) is 0 Å². The number of hydrogen-bond acceptors (Lipinski definition) is 4. The van der Waals surface area contributed by atoms with Crippen molar-refractivity contribution in [3.63, 3.8) is 0 Å². The number of carbonyl (C=O) groups is 1. The molecule has 0 saturated heterocycles. The Labute approximate surface area is 166 Å². The number of hydrogen-bond donors (Lipinski definition) is 2. The van der Waals surface area contributed by atoms with Crippen molar-refractivity contribution in [1.29, 1.82) is 0 Å². The molecule has 6 nitrogen and oxygen atoms in total. The molecule has 0 spiro atoms. The molecule has 2 aromatic heterocycles. The van der Waals surface area contributed by atoms with Crippen molar-refractivity contribution in [1.82, 2.24) is 19.7 Å². The second-order valence-corrected chi connectivity index (χ2v) is 7.99. The van der Waals surface area contributed by atoms with Crippen LogP contribution in [-0.2, 0) is 6.54 Å². The number of aromatic amines is 2. The van der Waals surface area contributed by atoms with E-state index in [-0.39, 0.29) is 16.7 Å². The third-order valence-electron chi connectivity index (χ3n) is 4.70. The van der Waals surface area contributed by atoms with Crippen LogP contribution >= 0.6 is 11.8 Å². The summed E-state index contributed by atoms with van der Waals surface area (Å²) < 4.78 is 1.56. The molecule has 0 aliphatic heterocycles. The number of rotatable bonds is 6. The van der Waals surface area contributed by atoms with Gasteiger partial charge in [-0.05, 0) is 25.5 Å². The lowest BCUT2D eigenvalue weighted by atomic mass is 10.1. The summed E-state index contributed by atoms with van der Waals surface area (Å²) in [5, 5.41) is 7.66. The van der Waals surface area contributed by atoms with Crippen molar-refractivity contribution in [2.45, 2.75) is 30.8 Å². The number of Topliss-reactive ketones (excluding diaryl/α,β-unsaturated/α-hetero) is 1. The van der Waals surface area contributed by atoms with Gasteiger partial charge in [-0.2, -0.15) is 0 Å². The van der Waals surface area contributed by atoms with E-state index in [1.54, 1.807) is 4.57 Å². The SMILES string of the molecule is Cc1[nH]c2ccccc2c1C(=O)[C@@H](C)Sc1n[nH]c(=O)n1Cc1ccccc1. The average Bonchev–Trinajstić information content (AvgIpc) is 3.21. The zero-order valence-corrected chi connectivity index (χ0v) is 16.4. The van der Waals surface area contributed by atoms with Gasteiger partial charge in [-0.3, -0.25) is 9.36 Å². The number of fused-ring (bicyclic) bond motifs is 1. The molecule has 0 aliphatic rings. The fourth-order valence-electron chi connectivity index (χ4n) is 3.31. The smallest absolute Gasteiger partial charge is 0.344 e. The maximum atomic E-state index is 13.2. The van der Waals surface area contributed by atoms with Crippen molar-refractivity contribution in [2.24, 2.45) is 0 Å². The van der Waals surface area contributed by atoms with Gasteiger partial charge in [0.2, 0.25) is 0 Å². The summed E-state index contributed by atoms with van der Waals surface area (Å²) in [7, 11) is 0. The van der Waals surface area contributed by atoms with Crippen LogP contribution in [0.1, 0.15) is 28.5 Å². The second-order valence-electron chi connectivity index (χ2n) is 6.68. The normalized spacial score (nSPS) is 12.4. The molecular formula is C21H20N4O2S. The Morgan fingerprint density at radius 1 is 1.14 bits per heavy atom. The number of benzene rings is 2. The lowest BCUT2D eigenvalue weighted by Gasteiger charge is -2.11. The molecule has 2 N–H and O–H groups in total. The maximum absolute atomic E-state index is 13.2. The van der Waals surface area contributed by atoms with Crippen LogP contribution < -0.4 is 5.69 Å². The average molecular weight is 392 g/mol.